The average molecular weight is 322 g/mol. The van der Waals surface area contributed by atoms with Crippen molar-refractivity contribution in [1.82, 2.24) is 0 Å². The second kappa shape index (κ2) is 8.31. The van der Waals surface area contributed by atoms with Crippen LogP contribution in [0.3, 0.4) is 0 Å². The van der Waals surface area contributed by atoms with Crippen molar-refractivity contribution < 1.29 is 29.0 Å². The van der Waals surface area contributed by atoms with Crippen molar-refractivity contribution in [2.24, 2.45) is 5.92 Å². The molecule has 1 aromatic carbocycles. The molecule has 0 aliphatic rings. The summed E-state index contributed by atoms with van der Waals surface area (Å²) in [7, 11) is 0. The van der Waals surface area contributed by atoms with Crippen molar-refractivity contribution in [1.29, 1.82) is 0 Å². The second-order valence-corrected chi connectivity index (χ2v) is 6.18. The SMILES string of the molecule is CC(C)(C)OC(=O)C[C@@H](CC(=O)O)C(=O)OCc1ccccc1. The van der Waals surface area contributed by atoms with Gasteiger partial charge in [-0.2, -0.15) is 0 Å². The third-order valence-electron chi connectivity index (χ3n) is 2.81. The van der Waals surface area contributed by atoms with E-state index in [1.807, 2.05) is 6.07 Å². The van der Waals surface area contributed by atoms with Gasteiger partial charge < -0.3 is 14.6 Å². The molecule has 1 rings (SSSR count). The first-order valence-corrected chi connectivity index (χ1v) is 7.31. The number of carbonyl (C=O) groups excluding carboxylic acids is 2. The minimum Gasteiger partial charge on any atom is -0.481 e. The lowest BCUT2D eigenvalue weighted by Crippen LogP contribution is -2.29. The Morgan fingerprint density at radius 2 is 1.70 bits per heavy atom. The molecule has 6 heteroatoms. The van der Waals surface area contributed by atoms with E-state index in [4.69, 9.17) is 14.6 Å². The molecular weight excluding hydrogens is 300 g/mol. The number of carboxylic acids is 1. The van der Waals surface area contributed by atoms with Gasteiger partial charge in [0.1, 0.15) is 12.2 Å². The predicted molar refractivity (Wildman–Crippen MR) is 82.4 cm³/mol. The van der Waals surface area contributed by atoms with Crippen molar-refractivity contribution in [2.75, 3.05) is 0 Å². The number of rotatable bonds is 7. The predicted octanol–water partition coefficient (Wildman–Crippen LogP) is 2.55. The second-order valence-electron chi connectivity index (χ2n) is 6.18. The molecule has 1 atom stereocenters. The summed E-state index contributed by atoms with van der Waals surface area (Å²) >= 11 is 0. The highest BCUT2D eigenvalue weighted by Crippen LogP contribution is 2.17. The largest absolute Gasteiger partial charge is 0.481 e. The van der Waals surface area contributed by atoms with Crippen LogP contribution in [0, 0.1) is 5.92 Å². The van der Waals surface area contributed by atoms with Crippen LogP contribution in [0.1, 0.15) is 39.2 Å². The van der Waals surface area contributed by atoms with Crippen LogP contribution in [0.2, 0.25) is 0 Å². The Hall–Kier alpha value is -2.37. The molecule has 1 aromatic rings. The zero-order chi connectivity index (χ0) is 17.5. The number of esters is 2. The van der Waals surface area contributed by atoms with Gasteiger partial charge in [0, 0.05) is 0 Å². The highest BCUT2D eigenvalue weighted by molar-refractivity contribution is 5.84. The van der Waals surface area contributed by atoms with Gasteiger partial charge in [-0.3, -0.25) is 14.4 Å². The van der Waals surface area contributed by atoms with Crippen LogP contribution in [-0.2, 0) is 30.5 Å². The number of benzene rings is 1. The van der Waals surface area contributed by atoms with Crippen molar-refractivity contribution in [3.8, 4) is 0 Å². The lowest BCUT2D eigenvalue weighted by molar-refractivity contribution is -0.163. The minimum atomic E-state index is -1.17. The van der Waals surface area contributed by atoms with Gasteiger partial charge in [-0.15, -0.1) is 0 Å². The fraction of sp³-hybridized carbons (Fsp3) is 0.471. The van der Waals surface area contributed by atoms with Crippen LogP contribution in [-0.4, -0.2) is 28.6 Å². The van der Waals surface area contributed by atoms with Crippen molar-refractivity contribution >= 4 is 17.9 Å². The molecule has 0 unspecified atom stereocenters. The van der Waals surface area contributed by atoms with Crippen LogP contribution in [0.4, 0.5) is 0 Å². The summed E-state index contributed by atoms with van der Waals surface area (Å²) in [4.78, 5) is 34.8. The third-order valence-corrected chi connectivity index (χ3v) is 2.81. The minimum absolute atomic E-state index is 0.0319. The van der Waals surface area contributed by atoms with Crippen LogP contribution in [0.25, 0.3) is 0 Å². The summed E-state index contributed by atoms with van der Waals surface area (Å²) in [6.07, 6.45) is -0.802. The first kappa shape index (κ1) is 18.7. The molecule has 0 aliphatic heterocycles. The molecule has 23 heavy (non-hydrogen) atoms. The van der Waals surface area contributed by atoms with E-state index in [1.54, 1.807) is 45.0 Å². The zero-order valence-electron chi connectivity index (χ0n) is 13.6. The number of carbonyl (C=O) groups is 3. The van der Waals surface area contributed by atoms with Gasteiger partial charge in [-0.1, -0.05) is 30.3 Å². The summed E-state index contributed by atoms with van der Waals surface area (Å²) in [6.45, 7) is 5.13. The van der Waals surface area contributed by atoms with Gasteiger partial charge in [0.2, 0.25) is 0 Å². The summed E-state index contributed by atoms with van der Waals surface area (Å²) in [5, 5.41) is 8.90. The number of aliphatic carboxylic acids is 1. The first-order valence-electron chi connectivity index (χ1n) is 7.31. The molecule has 0 bridgehead atoms. The van der Waals surface area contributed by atoms with E-state index in [-0.39, 0.29) is 13.0 Å². The Kier molecular flexibility index (Phi) is 6.75. The average Bonchev–Trinajstić information content (AvgIpc) is 2.42. The molecule has 0 heterocycles. The van der Waals surface area contributed by atoms with E-state index >= 15 is 0 Å². The summed E-state index contributed by atoms with van der Waals surface area (Å²) in [6, 6.07) is 9.01. The van der Waals surface area contributed by atoms with Gasteiger partial charge in [0.05, 0.1) is 18.8 Å². The number of hydrogen-bond acceptors (Lipinski definition) is 5. The topological polar surface area (TPSA) is 89.9 Å². The van der Waals surface area contributed by atoms with E-state index in [9.17, 15) is 14.4 Å². The van der Waals surface area contributed by atoms with Crippen LogP contribution in [0.5, 0.6) is 0 Å². The maximum absolute atomic E-state index is 12.1. The standard InChI is InChI=1S/C17H22O6/c1-17(2,3)23-15(20)10-13(9-14(18)19)16(21)22-11-12-7-5-4-6-8-12/h4-8,13H,9-11H2,1-3H3,(H,18,19)/t13-/m1/s1. The highest BCUT2D eigenvalue weighted by atomic mass is 16.6. The van der Waals surface area contributed by atoms with E-state index in [1.165, 1.54) is 0 Å². The van der Waals surface area contributed by atoms with Crippen LogP contribution in [0.15, 0.2) is 30.3 Å². The van der Waals surface area contributed by atoms with Crippen molar-refractivity contribution in [3.05, 3.63) is 35.9 Å². The lowest BCUT2D eigenvalue weighted by atomic mass is 10.0. The Morgan fingerprint density at radius 1 is 1.09 bits per heavy atom. The Morgan fingerprint density at radius 3 is 2.22 bits per heavy atom. The number of carboxylic acid groups (broad SMARTS) is 1. The van der Waals surface area contributed by atoms with E-state index in [0.717, 1.165) is 5.56 Å². The molecule has 0 radical (unpaired) electrons. The normalized spacial score (nSPS) is 12.3. The van der Waals surface area contributed by atoms with Crippen molar-refractivity contribution in [3.63, 3.8) is 0 Å². The molecule has 0 aliphatic carbocycles. The summed E-state index contributed by atoms with van der Waals surface area (Å²) < 4.78 is 10.2. The van der Waals surface area contributed by atoms with Gasteiger partial charge in [0.25, 0.3) is 0 Å². The molecule has 126 valence electrons. The maximum Gasteiger partial charge on any atom is 0.310 e. The van der Waals surface area contributed by atoms with E-state index < -0.39 is 35.8 Å². The van der Waals surface area contributed by atoms with E-state index in [2.05, 4.69) is 0 Å². The van der Waals surface area contributed by atoms with E-state index in [0.29, 0.717) is 0 Å². The molecule has 0 amide bonds. The lowest BCUT2D eigenvalue weighted by Gasteiger charge is -2.21. The molecular formula is C17H22O6. The molecule has 6 nitrogen and oxygen atoms in total. The molecule has 0 aromatic heterocycles. The summed E-state index contributed by atoms with van der Waals surface area (Å²) in [5.74, 6) is -3.58. The van der Waals surface area contributed by atoms with Gasteiger partial charge in [-0.05, 0) is 26.3 Å². The van der Waals surface area contributed by atoms with Crippen LogP contribution < -0.4 is 0 Å². The quantitative estimate of drug-likeness (QED) is 0.776. The Labute approximate surface area is 135 Å². The van der Waals surface area contributed by atoms with Gasteiger partial charge >= 0.3 is 17.9 Å². The first-order chi connectivity index (χ1) is 10.7. The summed E-state index contributed by atoms with van der Waals surface area (Å²) in [5.41, 5.74) is 0.0888. The number of ether oxygens (including phenoxy) is 2. The Bertz CT molecular complexity index is 544. The third kappa shape index (κ3) is 7.99. The molecule has 0 saturated heterocycles. The Balaban J connectivity index is 2.63. The molecule has 0 spiro atoms. The highest BCUT2D eigenvalue weighted by Gasteiger charge is 2.28. The zero-order valence-corrected chi connectivity index (χ0v) is 13.6. The molecule has 0 saturated carbocycles. The van der Waals surface area contributed by atoms with Crippen LogP contribution >= 0.6 is 0 Å². The molecule has 0 fully saturated rings. The van der Waals surface area contributed by atoms with Gasteiger partial charge in [-0.25, -0.2) is 0 Å². The number of hydrogen-bond donors (Lipinski definition) is 1. The monoisotopic (exact) mass is 322 g/mol. The maximum atomic E-state index is 12.1. The van der Waals surface area contributed by atoms with Crippen molar-refractivity contribution in [2.45, 2.75) is 45.8 Å². The fourth-order valence-electron chi connectivity index (χ4n) is 1.88. The van der Waals surface area contributed by atoms with Gasteiger partial charge in [0.15, 0.2) is 0 Å². The fourth-order valence-corrected chi connectivity index (χ4v) is 1.88. The smallest absolute Gasteiger partial charge is 0.310 e. The molecule has 1 N–H and O–H groups in total.